The lowest BCUT2D eigenvalue weighted by Gasteiger charge is -2.01. The average molecular weight is 263 g/mol. The first-order valence-electron chi connectivity index (χ1n) is 5.20. The van der Waals surface area contributed by atoms with E-state index in [-0.39, 0.29) is 28.4 Å². The van der Waals surface area contributed by atoms with E-state index < -0.39 is 10.9 Å². The molecule has 0 aliphatic heterocycles. The number of aromatic nitrogens is 2. The quantitative estimate of drug-likeness (QED) is 0.471. The summed E-state index contributed by atoms with van der Waals surface area (Å²) < 4.78 is 9.50. The first-order chi connectivity index (χ1) is 9.06. The highest BCUT2D eigenvalue weighted by molar-refractivity contribution is 5.97. The molecule has 0 aliphatic rings. The summed E-state index contributed by atoms with van der Waals surface area (Å²) in [6, 6.07) is 2.69. The number of ether oxygens (including phenoxy) is 1. The largest absolute Gasteiger partial charge is 0.465 e. The first kappa shape index (κ1) is 12.7. The second kappa shape index (κ2) is 4.84. The molecule has 8 heteroatoms. The first-order valence-corrected chi connectivity index (χ1v) is 5.20. The van der Waals surface area contributed by atoms with Gasteiger partial charge in [0.25, 0.3) is 5.69 Å². The van der Waals surface area contributed by atoms with Crippen LogP contribution in [0.5, 0.6) is 0 Å². The Kier molecular flexibility index (Phi) is 3.23. The van der Waals surface area contributed by atoms with Gasteiger partial charge in [0, 0.05) is 12.3 Å². The Labute approximate surface area is 107 Å². The molecule has 0 unspecified atom stereocenters. The molecule has 2 heterocycles. The second-order valence-electron chi connectivity index (χ2n) is 3.58. The minimum Gasteiger partial charge on any atom is -0.465 e. The molecule has 0 aromatic carbocycles. The third-order valence-electron chi connectivity index (χ3n) is 2.46. The fourth-order valence-corrected chi connectivity index (χ4v) is 1.60. The maximum absolute atomic E-state index is 11.7. The zero-order valence-electron chi connectivity index (χ0n) is 10.1. The predicted octanol–water partition coefficient (Wildman–Crippen LogP) is 1.74. The van der Waals surface area contributed by atoms with E-state index in [9.17, 15) is 14.9 Å². The van der Waals surface area contributed by atoms with E-state index in [1.807, 2.05) is 0 Å². The molecule has 0 amide bonds. The Morgan fingerprint density at radius 2 is 2.21 bits per heavy atom. The number of carbonyl (C=O) groups is 1. The number of hydrogen-bond acceptors (Lipinski definition) is 7. The van der Waals surface area contributed by atoms with Gasteiger partial charge in [0.15, 0.2) is 11.4 Å². The zero-order valence-corrected chi connectivity index (χ0v) is 10.1. The summed E-state index contributed by atoms with van der Waals surface area (Å²) in [5, 5.41) is 14.6. The van der Waals surface area contributed by atoms with Crippen LogP contribution in [0.2, 0.25) is 0 Å². The fraction of sp³-hybridized carbons (Fsp3) is 0.182. The van der Waals surface area contributed by atoms with Crippen molar-refractivity contribution in [1.29, 1.82) is 0 Å². The summed E-state index contributed by atoms with van der Waals surface area (Å²) >= 11 is 0. The van der Waals surface area contributed by atoms with Crippen molar-refractivity contribution < 1.29 is 19.0 Å². The summed E-state index contributed by atoms with van der Waals surface area (Å²) in [5.41, 5.74) is -0.272. The highest BCUT2D eigenvalue weighted by Crippen LogP contribution is 2.30. The number of carbonyl (C=O) groups excluding carboxylic acids is 1. The molecule has 2 aromatic heterocycles. The molecule has 0 atom stereocenters. The van der Waals surface area contributed by atoms with Crippen LogP contribution in [-0.4, -0.2) is 28.1 Å². The van der Waals surface area contributed by atoms with Crippen molar-refractivity contribution in [2.45, 2.75) is 6.92 Å². The normalized spacial score (nSPS) is 10.2. The number of nitro groups is 1. The topological polar surface area (TPSA) is 108 Å². The van der Waals surface area contributed by atoms with Gasteiger partial charge in [-0.1, -0.05) is 5.16 Å². The molecular formula is C11H9N3O5. The van der Waals surface area contributed by atoms with Crippen molar-refractivity contribution in [3.63, 3.8) is 0 Å². The molecule has 0 bridgehead atoms. The van der Waals surface area contributed by atoms with Crippen LogP contribution in [0, 0.1) is 17.0 Å². The van der Waals surface area contributed by atoms with Crippen LogP contribution in [0.1, 0.15) is 16.1 Å². The molecule has 2 rings (SSSR count). The molecule has 0 spiro atoms. The molecule has 8 nitrogen and oxygen atoms in total. The maximum Gasteiger partial charge on any atom is 0.343 e. The van der Waals surface area contributed by atoms with Gasteiger partial charge in [0.1, 0.15) is 11.3 Å². The Bertz CT molecular complexity index is 650. The van der Waals surface area contributed by atoms with Crippen molar-refractivity contribution in [2.24, 2.45) is 0 Å². The van der Waals surface area contributed by atoms with E-state index in [0.29, 0.717) is 0 Å². The predicted molar refractivity (Wildman–Crippen MR) is 62.5 cm³/mol. The highest BCUT2D eigenvalue weighted by atomic mass is 16.6. The van der Waals surface area contributed by atoms with E-state index >= 15 is 0 Å². The number of aryl methyl sites for hydroxylation is 1. The number of esters is 1. The zero-order chi connectivity index (χ0) is 14.0. The van der Waals surface area contributed by atoms with Crippen molar-refractivity contribution in [2.75, 3.05) is 7.11 Å². The highest BCUT2D eigenvalue weighted by Gasteiger charge is 2.28. The number of hydrogen-bond donors (Lipinski definition) is 0. The lowest BCUT2D eigenvalue weighted by Crippen LogP contribution is -2.05. The van der Waals surface area contributed by atoms with Crippen molar-refractivity contribution in [3.8, 4) is 11.4 Å². The summed E-state index contributed by atoms with van der Waals surface area (Å²) in [4.78, 5) is 25.9. The molecule has 0 fully saturated rings. The molecular weight excluding hydrogens is 254 g/mol. The Morgan fingerprint density at radius 3 is 2.84 bits per heavy atom. The van der Waals surface area contributed by atoms with Gasteiger partial charge >= 0.3 is 5.97 Å². The summed E-state index contributed by atoms with van der Waals surface area (Å²) in [6.07, 6.45) is 1.37. The number of pyridine rings is 1. The van der Waals surface area contributed by atoms with Crippen LogP contribution in [0.3, 0.4) is 0 Å². The molecule has 0 saturated heterocycles. The summed E-state index contributed by atoms with van der Waals surface area (Å²) in [6.45, 7) is 1.51. The Hall–Kier alpha value is -2.77. The van der Waals surface area contributed by atoms with Crippen molar-refractivity contribution in [1.82, 2.24) is 10.1 Å². The standard InChI is InChI=1S/C11H9N3O5/c1-6-8(11(15)18-2)10(13-19-6)9-7(14(16)17)4-3-5-12-9/h3-5H,1-2H3. The second-order valence-corrected chi connectivity index (χ2v) is 3.58. The molecule has 19 heavy (non-hydrogen) atoms. The van der Waals surface area contributed by atoms with E-state index in [0.717, 1.165) is 0 Å². The van der Waals surface area contributed by atoms with Gasteiger partial charge in [-0.2, -0.15) is 0 Å². The fourth-order valence-electron chi connectivity index (χ4n) is 1.60. The molecule has 98 valence electrons. The van der Waals surface area contributed by atoms with Gasteiger partial charge in [-0.15, -0.1) is 0 Å². The minimum absolute atomic E-state index is 0.00310. The number of rotatable bonds is 3. The van der Waals surface area contributed by atoms with E-state index in [2.05, 4.69) is 14.9 Å². The van der Waals surface area contributed by atoms with Gasteiger partial charge in [0.2, 0.25) is 0 Å². The third-order valence-corrected chi connectivity index (χ3v) is 2.46. The summed E-state index contributed by atoms with van der Waals surface area (Å²) in [5.74, 6) is -0.476. The SMILES string of the molecule is COC(=O)c1c(-c2ncccc2[N+](=O)[O-])noc1C. The lowest BCUT2D eigenvalue weighted by atomic mass is 10.1. The molecule has 0 radical (unpaired) electrons. The van der Waals surface area contributed by atoms with Crippen LogP contribution >= 0.6 is 0 Å². The van der Waals surface area contributed by atoms with Crippen LogP contribution in [0.4, 0.5) is 5.69 Å². The number of methoxy groups -OCH3 is 1. The molecule has 0 saturated carbocycles. The smallest absolute Gasteiger partial charge is 0.343 e. The van der Waals surface area contributed by atoms with Crippen LogP contribution in [-0.2, 0) is 4.74 Å². The third kappa shape index (κ3) is 2.15. The Morgan fingerprint density at radius 1 is 1.47 bits per heavy atom. The van der Waals surface area contributed by atoms with Crippen LogP contribution < -0.4 is 0 Å². The minimum atomic E-state index is -0.686. The van der Waals surface area contributed by atoms with E-state index in [4.69, 9.17) is 4.52 Å². The Balaban J connectivity index is 2.67. The molecule has 2 aromatic rings. The van der Waals surface area contributed by atoms with Gasteiger partial charge < -0.3 is 9.26 Å². The summed E-state index contributed by atoms with van der Waals surface area (Å²) in [7, 11) is 1.20. The van der Waals surface area contributed by atoms with Gasteiger partial charge in [-0.25, -0.2) is 9.78 Å². The van der Waals surface area contributed by atoms with Crippen molar-refractivity contribution >= 4 is 11.7 Å². The van der Waals surface area contributed by atoms with Crippen LogP contribution in [0.15, 0.2) is 22.9 Å². The van der Waals surface area contributed by atoms with Gasteiger partial charge in [-0.05, 0) is 13.0 Å². The maximum atomic E-state index is 11.7. The van der Waals surface area contributed by atoms with E-state index in [1.54, 1.807) is 0 Å². The lowest BCUT2D eigenvalue weighted by molar-refractivity contribution is -0.384. The van der Waals surface area contributed by atoms with E-state index in [1.165, 1.54) is 32.4 Å². The monoisotopic (exact) mass is 263 g/mol. The van der Waals surface area contributed by atoms with Crippen molar-refractivity contribution in [3.05, 3.63) is 39.8 Å². The average Bonchev–Trinajstić information content (AvgIpc) is 2.79. The van der Waals surface area contributed by atoms with Crippen LogP contribution in [0.25, 0.3) is 11.4 Å². The number of nitrogens with zero attached hydrogens (tertiary/aromatic N) is 3. The van der Waals surface area contributed by atoms with Gasteiger partial charge in [0.05, 0.1) is 12.0 Å². The van der Waals surface area contributed by atoms with Gasteiger partial charge in [-0.3, -0.25) is 10.1 Å². The molecule has 0 aliphatic carbocycles. The molecule has 0 N–H and O–H groups in total.